The lowest BCUT2D eigenvalue weighted by Gasteiger charge is -2.08. The molecule has 0 amide bonds. The van der Waals surface area contributed by atoms with Gasteiger partial charge in [0.1, 0.15) is 0 Å². The zero-order valence-corrected chi connectivity index (χ0v) is 14.0. The SMILES string of the molecule is O=C(O)CCNS(=O)(=O)c1cccc(S(=O)(=O)c2ccccc2)c1. The molecular formula is C15H15NO6S2. The molecule has 128 valence electrons. The second-order valence-electron chi connectivity index (χ2n) is 4.83. The minimum atomic E-state index is -4.00. The van der Waals surface area contributed by atoms with Crippen LogP contribution in [0, 0.1) is 0 Å². The Kier molecular flexibility index (Phi) is 5.37. The van der Waals surface area contributed by atoms with Gasteiger partial charge in [-0.2, -0.15) is 0 Å². The number of hydrogen-bond acceptors (Lipinski definition) is 5. The number of sulfonamides is 1. The van der Waals surface area contributed by atoms with Crippen molar-refractivity contribution < 1.29 is 26.7 Å². The van der Waals surface area contributed by atoms with Crippen molar-refractivity contribution in [2.75, 3.05) is 6.54 Å². The van der Waals surface area contributed by atoms with Gasteiger partial charge < -0.3 is 5.11 Å². The van der Waals surface area contributed by atoms with Gasteiger partial charge in [-0.3, -0.25) is 4.79 Å². The van der Waals surface area contributed by atoms with Gasteiger partial charge in [0.15, 0.2) is 0 Å². The molecule has 0 aromatic heterocycles. The van der Waals surface area contributed by atoms with Crippen LogP contribution in [0.2, 0.25) is 0 Å². The van der Waals surface area contributed by atoms with Gasteiger partial charge in [-0.1, -0.05) is 24.3 Å². The van der Waals surface area contributed by atoms with Crippen molar-refractivity contribution >= 4 is 25.8 Å². The molecule has 0 atom stereocenters. The summed E-state index contributed by atoms with van der Waals surface area (Å²) >= 11 is 0. The van der Waals surface area contributed by atoms with E-state index in [1.54, 1.807) is 18.2 Å². The molecular weight excluding hydrogens is 354 g/mol. The molecule has 24 heavy (non-hydrogen) atoms. The van der Waals surface area contributed by atoms with Crippen molar-refractivity contribution in [1.29, 1.82) is 0 Å². The zero-order chi connectivity index (χ0) is 17.8. The van der Waals surface area contributed by atoms with E-state index in [1.165, 1.54) is 30.3 Å². The smallest absolute Gasteiger partial charge is 0.304 e. The highest BCUT2D eigenvalue weighted by atomic mass is 32.2. The van der Waals surface area contributed by atoms with Crippen LogP contribution >= 0.6 is 0 Å². The lowest BCUT2D eigenvalue weighted by Crippen LogP contribution is -2.26. The van der Waals surface area contributed by atoms with E-state index in [0.717, 1.165) is 6.07 Å². The highest BCUT2D eigenvalue weighted by Crippen LogP contribution is 2.22. The third kappa shape index (κ3) is 4.19. The first-order valence-corrected chi connectivity index (χ1v) is 9.82. The number of carbonyl (C=O) groups is 1. The third-order valence-corrected chi connectivity index (χ3v) is 6.34. The summed E-state index contributed by atoms with van der Waals surface area (Å²) in [6.07, 6.45) is -0.374. The molecule has 2 aromatic carbocycles. The number of sulfone groups is 1. The first kappa shape index (κ1) is 18.1. The van der Waals surface area contributed by atoms with E-state index in [0.29, 0.717) is 0 Å². The number of hydrogen-bond donors (Lipinski definition) is 2. The van der Waals surface area contributed by atoms with E-state index in [9.17, 15) is 21.6 Å². The quantitative estimate of drug-likeness (QED) is 0.759. The average Bonchev–Trinajstić information content (AvgIpc) is 2.55. The maximum absolute atomic E-state index is 12.5. The largest absolute Gasteiger partial charge is 0.481 e. The van der Waals surface area contributed by atoms with E-state index in [4.69, 9.17) is 5.11 Å². The minimum absolute atomic E-state index is 0.0541. The van der Waals surface area contributed by atoms with Crippen LogP contribution in [-0.2, 0) is 24.7 Å². The molecule has 0 saturated heterocycles. The summed E-state index contributed by atoms with van der Waals surface area (Å²) < 4.78 is 51.4. The molecule has 0 radical (unpaired) electrons. The molecule has 0 aliphatic heterocycles. The summed E-state index contributed by atoms with van der Waals surface area (Å²) in [6.45, 7) is -0.284. The highest BCUT2D eigenvalue weighted by molar-refractivity contribution is 7.91. The molecule has 0 fully saturated rings. The minimum Gasteiger partial charge on any atom is -0.481 e. The molecule has 9 heteroatoms. The van der Waals surface area contributed by atoms with Gasteiger partial charge in [0.05, 0.1) is 21.1 Å². The Morgan fingerprint density at radius 2 is 1.46 bits per heavy atom. The molecule has 0 unspecified atom stereocenters. The first-order valence-electron chi connectivity index (χ1n) is 6.85. The van der Waals surface area contributed by atoms with Gasteiger partial charge in [-0.05, 0) is 30.3 Å². The number of nitrogens with one attached hydrogen (secondary N) is 1. The number of benzene rings is 2. The molecule has 2 aromatic rings. The fraction of sp³-hybridized carbons (Fsp3) is 0.133. The van der Waals surface area contributed by atoms with Crippen molar-refractivity contribution in [3.8, 4) is 0 Å². The lowest BCUT2D eigenvalue weighted by molar-refractivity contribution is -0.136. The fourth-order valence-corrected chi connectivity index (χ4v) is 4.40. The van der Waals surface area contributed by atoms with Crippen LogP contribution in [0.15, 0.2) is 69.3 Å². The van der Waals surface area contributed by atoms with Crippen LogP contribution in [0.5, 0.6) is 0 Å². The van der Waals surface area contributed by atoms with E-state index in [2.05, 4.69) is 4.72 Å². The van der Waals surface area contributed by atoms with E-state index < -0.39 is 25.8 Å². The molecule has 0 spiro atoms. The lowest BCUT2D eigenvalue weighted by atomic mass is 10.4. The van der Waals surface area contributed by atoms with E-state index in [-0.39, 0.29) is 27.7 Å². The topological polar surface area (TPSA) is 118 Å². The Morgan fingerprint density at radius 1 is 0.875 bits per heavy atom. The van der Waals surface area contributed by atoms with Crippen molar-refractivity contribution in [2.45, 2.75) is 21.1 Å². The Labute approximate surface area is 139 Å². The van der Waals surface area contributed by atoms with Gasteiger partial charge in [0, 0.05) is 6.54 Å². The van der Waals surface area contributed by atoms with Gasteiger partial charge in [-0.15, -0.1) is 0 Å². The Bertz CT molecular complexity index is 937. The maximum Gasteiger partial charge on any atom is 0.304 e. The zero-order valence-electron chi connectivity index (χ0n) is 12.4. The summed E-state index contributed by atoms with van der Waals surface area (Å²) in [5.41, 5.74) is 0. The average molecular weight is 369 g/mol. The second kappa shape index (κ2) is 7.12. The summed E-state index contributed by atoms with van der Waals surface area (Å²) in [4.78, 5) is 10.1. The van der Waals surface area contributed by atoms with Crippen molar-refractivity contribution in [2.24, 2.45) is 0 Å². The van der Waals surface area contributed by atoms with E-state index >= 15 is 0 Å². The summed E-state index contributed by atoms with van der Waals surface area (Å²) in [5, 5.41) is 8.54. The van der Waals surface area contributed by atoms with Crippen LogP contribution < -0.4 is 4.72 Å². The predicted octanol–water partition coefficient (Wildman–Crippen LogP) is 1.27. The Balaban J connectivity index is 2.34. The fourth-order valence-electron chi connectivity index (χ4n) is 1.92. The molecule has 2 rings (SSSR count). The van der Waals surface area contributed by atoms with E-state index in [1.807, 2.05) is 0 Å². The van der Waals surface area contributed by atoms with Crippen LogP contribution in [0.4, 0.5) is 0 Å². The number of aliphatic carboxylic acids is 1. The van der Waals surface area contributed by atoms with Crippen molar-refractivity contribution in [3.05, 3.63) is 54.6 Å². The highest BCUT2D eigenvalue weighted by Gasteiger charge is 2.21. The van der Waals surface area contributed by atoms with Gasteiger partial charge in [0.25, 0.3) is 0 Å². The summed E-state index contributed by atoms with van der Waals surface area (Å²) in [6, 6.07) is 12.6. The molecule has 0 bridgehead atoms. The third-order valence-electron chi connectivity index (χ3n) is 3.11. The van der Waals surface area contributed by atoms with Crippen LogP contribution in [0.25, 0.3) is 0 Å². The second-order valence-corrected chi connectivity index (χ2v) is 8.55. The Hall–Kier alpha value is -2.23. The molecule has 0 heterocycles. The van der Waals surface area contributed by atoms with Crippen molar-refractivity contribution in [3.63, 3.8) is 0 Å². The molecule has 0 aliphatic rings. The summed E-state index contributed by atoms with van der Waals surface area (Å²) in [5.74, 6) is -1.14. The maximum atomic E-state index is 12.5. The number of rotatable bonds is 7. The molecule has 0 saturated carbocycles. The van der Waals surface area contributed by atoms with Gasteiger partial charge >= 0.3 is 5.97 Å². The van der Waals surface area contributed by atoms with Crippen LogP contribution in [0.3, 0.4) is 0 Å². The molecule has 2 N–H and O–H groups in total. The standard InChI is InChI=1S/C15H15NO6S2/c17-15(18)9-10-16-24(21,22)14-8-4-7-13(11-14)23(19,20)12-5-2-1-3-6-12/h1-8,11,16H,9-10H2,(H,17,18). The van der Waals surface area contributed by atoms with Gasteiger partial charge in [0.2, 0.25) is 19.9 Å². The van der Waals surface area contributed by atoms with Crippen LogP contribution in [-0.4, -0.2) is 34.5 Å². The normalized spacial score (nSPS) is 12.0. The summed E-state index contributed by atoms with van der Waals surface area (Å²) in [7, 11) is -7.84. The Morgan fingerprint density at radius 3 is 2.08 bits per heavy atom. The monoisotopic (exact) mass is 369 g/mol. The van der Waals surface area contributed by atoms with Crippen molar-refractivity contribution in [1.82, 2.24) is 4.72 Å². The number of carboxylic acids is 1. The predicted molar refractivity (Wildman–Crippen MR) is 85.8 cm³/mol. The number of carboxylic acid groups (broad SMARTS) is 1. The first-order chi connectivity index (χ1) is 11.2. The molecule has 7 nitrogen and oxygen atoms in total. The van der Waals surface area contributed by atoms with Gasteiger partial charge in [-0.25, -0.2) is 21.6 Å². The molecule has 0 aliphatic carbocycles. The van der Waals surface area contributed by atoms with Crippen LogP contribution in [0.1, 0.15) is 6.42 Å².